The van der Waals surface area contributed by atoms with Crippen molar-refractivity contribution in [2.24, 2.45) is 0 Å². The van der Waals surface area contributed by atoms with Crippen LogP contribution in [0.25, 0.3) is 0 Å². The average Bonchev–Trinajstić information content (AvgIpc) is 2.40. The molecular weight excluding hydrogens is 258 g/mol. The monoisotopic (exact) mass is 281 g/mol. The van der Waals surface area contributed by atoms with Crippen molar-refractivity contribution < 1.29 is 19.4 Å². The predicted octanol–water partition coefficient (Wildman–Crippen LogP) is 2.62. The largest absolute Gasteiger partial charge is 0.481 e. The highest BCUT2D eigenvalue weighted by Crippen LogP contribution is 2.06. The number of rotatable bonds is 5. The van der Waals surface area contributed by atoms with Crippen molar-refractivity contribution in [2.45, 2.75) is 33.9 Å². The first-order chi connectivity index (χ1) is 9.42. The molecule has 0 aliphatic carbocycles. The Morgan fingerprint density at radius 2 is 1.65 bits per heavy atom. The molecule has 0 spiro atoms. The molecule has 1 aromatic carbocycles. The molecule has 20 heavy (non-hydrogen) atoms. The van der Waals surface area contributed by atoms with Crippen molar-refractivity contribution in [2.75, 3.05) is 13.1 Å². The van der Waals surface area contributed by atoms with Crippen molar-refractivity contribution >= 4 is 11.9 Å². The highest BCUT2D eigenvalue weighted by atomic mass is 16.6. The third-order valence-corrected chi connectivity index (χ3v) is 2.61. The predicted molar refractivity (Wildman–Crippen MR) is 77.6 cm³/mol. The van der Waals surface area contributed by atoms with Gasteiger partial charge in [0.2, 0.25) is 0 Å². The molecule has 0 saturated heterocycles. The third kappa shape index (κ3) is 7.53. The van der Waals surface area contributed by atoms with Crippen LogP contribution in [0.3, 0.4) is 0 Å². The van der Waals surface area contributed by atoms with Crippen LogP contribution in [0.2, 0.25) is 0 Å². The Labute approximate surface area is 120 Å². The minimum Gasteiger partial charge on any atom is -0.481 e. The van der Waals surface area contributed by atoms with Gasteiger partial charge in [0.05, 0.1) is 5.56 Å². The van der Waals surface area contributed by atoms with Gasteiger partial charge in [0.15, 0.2) is 6.23 Å². The van der Waals surface area contributed by atoms with E-state index in [1.54, 1.807) is 12.1 Å². The second-order valence-corrected chi connectivity index (χ2v) is 4.11. The number of aliphatic carboxylic acids is 1. The molecular formula is C15H23NO4. The summed E-state index contributed by atoms with van der Waals surface area (Å²) in [5, 5.41) is 7.42. The van der Waals surface area contributed by atoms with E-state index in [1.807, 2.05) is 25.1 Å². The molecule has 0 saturated carbocycles. The number of hydrogen-bond donors (Lipinski definition) is 1. The number of benzene rings is 1. The molecule has 0 radical (unpaired) electrons. The van der Waals surface area contributed by atoms with Gasteiger partial charge in [-0.05, 0) is 32.1 Å². The lowest BCUT2D eigenvalue weighted by Crippen LogP contribution is -2.36. The van der Waals surface area contributed by atoms with Crippen LogP contribution in [0, 0.1) is 0 Å². The van der Waals surface area contributed by atoms with E-state index in [1.165, 1.54) is 0 Å². The summed E-state index contributed by atoms with van der Waals surface area (Å²) in [6.45, 7) is 8.83. The van der Waals surface area contributed by atoms with Crippen LogP contribution in [0.4, 0.5) is 0 Å². The van der Waals surface area contributed by atoms with Gasteiger partial charge in [-0.25, -0.2) is 4.79 Å². The summed E-state index contributed by atoms with van der Waals surface area (Å²) in [5.41, 5.74) is 0.599. The van der Waals surface area contributed by atoms with Gasteiger partial charge in [-0.1, -0.05) is 32.0 Å². The second kappa shape index (κ2) is 9.97. The van der Waals surface area contributed by atoms with E-state index in [0.717, 1.165) is 20.0 Å². The van der Waals surface area contributed by atoms with Crippen LogP contribution >= 0.6 is 0 Å². The smallest absolute Gasteiger partial charge is 0.339 e. The first-order valence-corrected chi connectivity index (χ1v) is 6.61. The van der Waals surface area contributed by atoms with Crippen molar-refractivity contribution in [3.05, 3.63) is 35.9 Å². The summed E-state index contributed by atoms with van der Waals surface area (Å²) in [7, 11) is 0. The van der Waals surface area contributed by atoms with E-state index in [0.29, 0.717) is 5.56 Å². The number of carbonyl (C=O) groups excluding carboxylic acids is 1. The maximum absolute atomic E-state index is 11.7. The molecule has 0 fully saturated rings. The Hall–Kier alpha value is -1.88. The Kier molecular flexibility index (Phi) is 9.04. The molecule has 0 amide bonds. The van der Waals surface area contributed by atoms with E-state index in [-0.39, 0.29) is 12.2 Å². The number of carboxylic acid groups (broad SMARTS) is 1. The zero-order chi connectivity index (χ0) is 15.5. The highest BCUT2D eigenvalue weighted by molar-refractivity contribution is 5.89. The fraction of sp³-hybridized carbons (Fsp3) is 0.467. The maximum Gasteiger partial charge on any atom is 0.339 e. The Balaban J connectivity index is 0.000000796. The molecule has 0 aliphatic rings. The lowest BCUT2D eigenvalue weighted by atomic mass is 10.2. The molecule has 5 nitrogen and oxygen atoms in total. The number of esters is 1. The SMILES string of the molecule is CC(=O)O.CCN(CC)C(C)OC(=O)c1ccccc1. The molecule has 1 unspecified atom stereocenters. The van der Waals surface area contributed by atoms with Crippen LogP contribution in [0.5, 0.6) is 0 Å². The first kappa shape index (κ1) is 18.1. The van der Waals surface area contributed by atoms with E-state index >= 15 is 0 Å². The second-order valence-electron chi connectivity index (χ2n) is 4.11. The van der Waals surface area contributed by atoms with E-state index in [4.69, 9.17) is 14.6 Å². The van der Waals surface area contributed by atoms with Crippen molar-refractivity contribution in [1.29, 1.82) is 0 Å². The van der Waals surface area contributed by atoms with Crippen LogP contribution < -0.4 is 0 Å². The molecule has 1 N–H and O–H groups in total. The maximum atomic E-state index is 11.7. The fourth-order valence-electron chi connectivity index (χ4n) is 1.61. The zero-order valence-electron chi connectivity index (χ0n) is 12.5. The molecule has 1 rings (SSSR count). The van der Waals surface area contributed by atoms with E-state index in [2.05, 4.69) is 18.7 Å². The summed E-state index contributed by atoms with van der Waals surface area (Å²) in [4.78, 5) is 22.8. The lowest BCUT2D eigenvalue weighted by Gasteiger charge is -2.25. The van der Waals surface area contributed by atoms with Gasteiger partial charge < -0.3 is 9.84 Å². The number of ether oxygens (including phenoxy) is 1. The Morgan fingerprint density at radius 3 is 2.05 bits per heavy atom. The first-order valence-electron chi connectivity index (χ1n) is 6.61. The van der Waals surface area contributed by atoms with Crippen LogP contribution in [-0.4, -0.2) is 41.3 Å². The number of carbonyl (C=O) groups is 2. The van der Waals surface area contributed by atoms with Gasteiger partial charge in [-0.15, -0.1) is 0 Å². The summed E-state index contributed by atoms with van der Waals surface area (Å²) in [6, 6.07) is 9.07. The van der Waals surface area contributed by atoms with Crippen molar-refractivity contribution in [3.8, 4) is 0 Å². The summed E-state index contributed by atoms with van der Waals surface area (Å²) in [5.74, 6) is -1.10. The Bertz CT molecular complexity index is 398. The molecule has 0 heterocycles. The topological polar surface area (TPSA) is 66.8 Å². The van der Waals surface area contributed by atoms with E-state index in [9.17, 15) is 4.79 Å². The standard InChI is InChI=1S/C13H19NO2.C2H4O2/c1-4-14(5-2)11(3)16-13(15)12-9-7-6-8-10-12;1-2(3)4/h6-11H,4-5H2,1-3H3;1H3,(H,3,4). The lowest BCUT2D eigenvalue weighted by molar-refractivity contribution is -0.134. The van der Waals surface area contributed by atoms with Gasteiger partial charge in [0.25, 0.3) is 5.97 Å². The minimum atomic E-state index is -0.833. The number of carboxylic acids is 1. The van der Waals surface area contributed by atoms with Crippen LogP contribution in [0.1, 0.15) is 38.1 Å². The number of hydrogen-bond acceptors (Lipinski definition) is 4. The van der Waals surface area contributed by atoms with Gasteiger partial charge in [0.1, 0.15) is 0 Å². The van der Waals surface area contributed by atoms with Crippen LogP contribution in [0.15, 0.2) is 30.3 Å². The minimum absolute atomic E-state index is 0.178. The van der Waals surface area contributed by atoms with Gasteiger partial charge >= 0.3 is 5.97 Å². The third-order valence-electron chi connectivity index (χ3n) is 2.61. The molecule has 5 heteroatoms. The Morgan fingerprint density at radius 1 is 1.20 bits per heavy atom. The zero-order valence-corrected chi connectivity index (χ0v) is 12.5. The molecule has 0 bridgehead atoms. The quantitative estimate of drug-likeness (QED) is 0.664. The van der Waals surface area contributed by atoms with Gasteiger partial charge in [-0.2, -0.15) is 0 Å². The highest BCUT2D eigenvalue weighted by Gasteiger charge is 2.15. The summed E-state index contributed by atoms with van der Waals surface area (Å²) in [6.07, 6.45) is -0.178. The summed E-state index contributed by atoms with van der Waals surface area (Å²) >= 11 is 0. The van der Waals surface area contributed by atoms with Crippen molar-refractivity contribution in [3.63, 3.8) is 0 Å². The van der Waals surface area contributed by atoms with E-state index < -0.39 is 5.97 Å². The molecule has 1 atom stereocenters. The van der Waals surface area contributed by atoms with Crippen molar-refractivity contribution in [1.82, 2.24) is 4.90 Å². The average molecular weight is 281 g/mol. The summed E-state index contributed by atoms with van der Waals surface area (Å²) < 4.78 is 5.37. The molecule has 1 aromatic rings. The van der Waals surface area contributed by atoms with Gasteiger partial charge in [-0.3, -0.25) is 9.69 Å². The molecule has 0 aromatic heterocycles. The fourth-order valence-corrected chi connectivity index (χ4v) is 1.61. The van der Waals surface area contributed by atoms with Gasteiger partial charge in [0, 0.05) is 6.92 Å². The number of nitrogens with zero attached hydrogens (tertiary/aromatic N) is 1. The van der Waals surface area contributed by atoms with Crippen LogP contribution in [-0.2, 0) is 9.53 Å². The normalized spacial score (nSPS) is 11.2. The molecule has 0 aliphatic heterocycles. The molecule has 112 valence electrons.